The van der Waals surface area contributed by atoms with E-state index in [-0.39, 0.29) is 0 Å². The normalized spacial score (nSPS) is 14.7. The first-order valence-corrected chi connectivity index (χ1v) is 8.84. The van der Waals surface area contributed by atoms with Gasteiger partial charge >= 0.3 is 0 Å². The van der Waals surface area contributed by atoms with E-state index in [0.29, 0.717) is 17.9 Å². The summed E-state index contributed by atoms with van der Waals surface area (Å²) in [6, 6.07) is 9.24. The smallest absolute Gasteiger partial charge is 0.204 e. The fourth-order valence-electron chi connectivity index (χ4n) is 3.19. The van der Waals surface area contributed by atoms with Crippen molar-refractivity contribution in [2.75, 3.05) is 4.90 Å². The highest BCUT2D eigenvalue weighted by atomic mass is 15.5. The van der Waals surface area contributed by atoms with Crippen LogP contribution in [0, 0.1) is 0 Å². The molecule has 0 saturated heterocycles. The van der Waals surface area contributed by atoms with Crippen LogP contribution >= 0.6 is 0 Å². The van der Waals surface area contributed by atoms with E-state index < -0.39 is 0 Å². The number of nitrogens with zero attached hydrogens (tertiary/aromatic N) is 6. The Morgan fingerprint density at radius 2 is 2.20 bits per heavy atom. The SMILES string of the molecule is CC(C)N(Cc1cnn(C2CCC2)c1)c1cccc(-c2nn[nH]n2)c1. The number of rotatable bonds is 6. The third-order valence-electron chi connectivity index (χ3n) is 4.86. The molecular weight excluding hydrogens is 314 g/mol. The van der Waals surface area contributed by atoms with Crippen LogP contribution in [-0.4, -0.2) is 36.4 Å². The fraction of sp³-hybridized carbons (Fsp3) is 0.444. The van der Waals surface area contributed by atoms with Crippen molar-refractivity contribution in [3.63, 3.8) is 0 Å². The highest BCUT2D eigenvalue weighted by molar-refractivity contribution is 5.63. The lowest BCUT2D eigenvalue weighted by atomic mass is 9.93. The molecule has 2 heterocycles. The molecule has 1 fully saturated rings. The molecule has 0 amide bonds. The van der Waals surface area contributed by atoms with Crippen LogP contribution in [-0.2, 0) is 6.54 Å². The van der Waals surface area contributed by atoms with Crippen molar-refractivity contribution in [1.29, 1.82) is 0 Å². The molecule has 25 heavy (non-hydrogen) atoms. The summed E-state index contributed by atoms with van der Waals surface area (Å²) in [5.74, 6) is 0.614. The first kappa shape index (κ1) is 15.8. The van der Waals surface area contributed by atoms with Crippen molar-refractivity contribution in [1.82, 2.24) is 30.4 Å². The average molecular weight is 337 g/mol. The lowest BCUT2D eigenvalue weighted by molar-refractivity contribution is 0.289. The van der Waals surface area contributed by atoms with Gasteiger partial charge in [0.2, 0.25) is 5.82 Å². The average Bonchev–Trinajstić information content (AvgIpc) is 3.23. The Bertz CT molecular complexity index is 818. The summed E-state index contributed by atoms with van der Waals surface area (Å²) in [4.78, 5) is 2.37. The number of nitrogens with one attached hydrogen (secondary N) is 1. The van der Waals surface area contributed by atoms with Gasteiger partial charge in [-0.3, -0.25) is 4.68 Å². The third kappa shape index (κ3) is 3.26. The molecular formula is C18H23N7. The fourth-order valence-corrected chi connectivity index (χ4v) is 3.19. The van der Waals surface area contributed by atoms with Gasteiger partial charge in [-0.1, -0.05) is 12.1 Å². The molecule has 1 aliphatic carbocycles. The third-order valence-corrected chi connectivity index (χ3v) is 4.86. The maximum atomic E-state index is 4.56. The van der Waals surface area contributed by atoms with E-state index in [2.05, 4.69) is 67.5 Å². The maximum Gasteiger partial charge on any atom is 0.204 e. The first-order chi connectivity index (χ1) is 12.2. The summed E-state index contributed by atoms with van der Waals surface area (Å²) >= 11 is 0. The summed E-state index contributed by atoms with van der Waals surface area (Å²) in [5.41, 5.74) is 3.35. The van der Waals surface area contributed by atoms with Crippen LogP contribution in [0.3, 0.4) is 0 Å². The number of anilines is 1. The van der Waals surface area contributed by atoms with Gasteiger partial charge in [0.1, 0.15) is 0 Å². The zero-order chi connectivity index (χ0) is 17.2. The van der Waals surface area contributed by atoms with E-state index in [9.17, 15) is 0 Å². The lowest BCUT2D eigenvalue weighted by Gasteiger charge is -2.29. The molecule has 0 bridgehead atoms. The molecule has 7 nitrogen and oxygen atoms in total. The Hall–Kier alpha value is -2.70. The second-order valence-corrected chi connectivity index (χ2v) is 6.92. The molecule has 0 atom stereocenters. The Kier molecular flexibility index (Phi) is 4.21. The van der Waals surface area contributed by atoms with E-state index in [1.165, 1.54) is 24.8 Å². The van der Waals surface area contributed by atoms with Gasteiger partial charge in [-0.05, 0) is 50.5 Å². The summed E-state index contributed by atoms with van der Waals surface area (Å²) in [5, 5.41) is 18.9. The van der Waals surface area contributed by atoms with Gasteiger partial charge in [0.05, 0.1) is 12.2 Å². The van der Waals surface area contributed by atoms with Gasteiger partial charge in [0.15, 0.2) is 0 Å². The summed E-state index contributed by atoms with van der Waals surface area (Å²) in [6.07, 6.45) is 8.02. The highest BCUT2D eigenvalue weighted by Gasteiger charge is 2.21. The molecule has 0 radical (unpaired) electrons. The molecule has 1 N–H and O–H groups in total. The van der Waals surface area contributed by atoms with Gasteiger partial charge in [-0.15, -0.1) is 10.2 Å². The van der Waals surface area contributed by atoms with E-state index in [1.54, 1.807) is 0 Å². The Labute approximate surface area is 147 Å². The topological polar surface area (TPSA) is 75.5 Å². The van der Waals surface area contributed by atoms with E-state index >= 15 is 0 Å². The Morgan fingerprint density at radius 1 is 1.32 bits per heavy atom. The molecule has 1 aliphatic rings. The van der Waals surface area contributed by atoms with Gasteiger partial charge in [-0.2, -0.15) is 10.3 Å². The van der Waals surface area contributed by atoms with Crippen LogP contribution in [0.2, 0.25) is 0 Å². The summed E-state index contributed by atoms with van der Waals surface area (Å²) in [6.45, 7) is 5.24. The van der Waals surface area contributed by atoms with Crippen molar-refractivity contribution in [3.05, 3.63) is 42.2 Å². The number of benzene rings is 1. The van der Waals surface area contributed by atoms with Gasteiger partial charge < -0.3 is 4.90 Å². The molecule has 4 rings (SSSR count). The lowest BCUT2D eigenvalue weighted by Crippen LogP contribution is -2.30. The van der Waals surface area contributed by atoms with Crippen LogP contribution in [0.15, 0.2) is 36.7 Å². The van der Waals surface area contributed by atoms with Crippen molar-refractivity contribution in [2.45, 2.75) is 51.7 Å². The molecule has 130 valence electrons. The quantitative estimate of drug-likeness (QED) is 0.747. The largest absolute Gasteiger partial charge is 0.365 e. The van der Waals surface area contributed by atoms with Crippen LogP contribution in [0.5, 0.6) is 0 Å². The van der Waals surface area contributed by atoms with E-state index in [0.717, 1.165) is 17.8 Å². The number of tetrazole rings is 1. The minimum absolute atomic E-state index is 0.368. The number of aromatic amines is 1. The number of hydrogen-bond acceptors (Lipinski definition) is 5. The van der Waals surface area contributed by atoms with Crippen LogP contribution in [0.25, 0.3) is 11.4 Å². The Balaban J connectivity index is 1.57. The zero-order valence-corrected chi connectivity index (χ0v) is 14.6. The minimum Gasteiger partial charge on any atom is -0.365 e. The van der Waals surface area contributed by atoms with Gasteiger partial charge in [0, 0.05) is 35.6 Å². The molecule has 1 saturated carbocycles. The Morgan fingerprint density at radius 3 is 2.88 bits per heavy atom. The molecule has 7 heteroatoms. The minimum atomic E-state index is 0.368. The summed E-state index contributed by atoms with van der Waals surface area (Å²) in [7, 11) is 0. The number of hydrogen-bond donors (Lipinski definition) is 1. The first-order valence-electron chi connectivity index (χ1n) is 8.84. The second kappa shape index (κ2) is 6.66. The summed E-state index contributed by atoms with van der Waals surface area (Å²) < 4.78 is 2.13. The predicted molar refractivity (Wildman–Crippen MR) is 96.0 cm³/mol. The van der Waals surface area contributed by atoms with Crippen molar-refractivity contribution < 1.29 is 0 Å². The second-order valence-electron chi connectivity index (χ2n) is 6.92. The van der Waals surface area contributed by atoms with Crippen LogP contribution < -0.4 is 4.90 Å². The highest BCUT2D eigenvalue weighted by Crippen LogP contribution is 2.31. The van der Waals surface area contributed by atoms with Crippen molar-refractivity contribution >= 4 is 5.69 Å². The van der Waals surface area contributed by atoms with Crippen molar-refractivity contribution in [2.24, 2.45) is 0 Å². The van der Waals surface area contributed by atoms with E-state index in [1.807, 2.05) is 18.3 Å². The molecule has 2 aromatic heterocycles. The molecule has 0 aliphatic heterocycles. The van der Waals surface area contributed by atoms with Gasteiger partial charge in [-0.25, -0.2) is 0 Å². The maximum absolute atomic E-state index is 4.56. The molecule has 0 unspecified atom stereocenters. The van der Waals surface area contributed by atoms with Crippen LogP contribution in [0.4, 0.5) is 5.69 Å². The molecule has 3 aromatic rings. The van der Waals surface area contributed by atoms with Gasteiger partial charge in [0.25, 0.3) is 0 Å². The predicted octanol–water partition coefficient (Wildman–Crippen LogP) is 3.20. The monoisotopic (exact) mass is 337 g/mol. The van der Waals surface area contributed by atoms with Crippen molar-refractivity contribution in [3.8, 4) is 11.4 Å². The van der Waals surface area contributed by atoms with Crippen LogP contribution in [0.1, 0.15) is 44.7 Å². The van der Waals surface area contributed by atoms with E-state index in [4.69, 9.17) is 0 Å². The zero-order valence-electron chi connectivity index (χ0n) is 14.6. The standard InChI is InChI=1S/C18H23N7/c1-13(2)24(11-14-10-19-25(12-14)16-6-4-7-16)17-8-3-5-15(9-17)18-20-22-23-21-18/h3,5,8-10,12-13,16H,4,6-7,11H2,1-2H3,(H,20,21,22,23). The molecule has 0 spiro atoms. The number of aromatic nitrogens is 6. The molecule has 1 aromatic carbocycles. The number of H-pyrrole nitrogens is 1.